The number of hydrogen-bond acceptors (Lipinski definition) is 5. The quantitative estimate of drug-likeness (QED) is 0.643. The normalized spacial score (nSPS) is 14.8. The van der Waals surface area contributed by atoms with Crippen LogP contribution in [0, 0.1) is 5.82 Å². The fraction of sp³-hybridized carbons (Fsp3) is 0.333. The fourth-order valence-corrected chi connectivity index (χ4v) is 4.16. The SMILES string of the molecule is CCOc1ccc(NC(=O)N2CCC(Oc3nc4c(F)cccc4s3)CC2)cc1. The zero-order chi connectivity index (χ0) is 20.2. The Bertz CT molecular complexity index is 985. The standard InChI is InChI=1S/C21H22FN3O3S/c1-2-27-15-8-6-14(7-9-15)23-20(26)25-12-10-16(11-13-25)28-21-24-19-17(22)4-3-5-18(19)29-21/h3-9,16H,2,10-13H2,1H3,(H,23,26). The smallest absolute Gasteiger partial charge is 0.321 e. The van der Waals surface area contributed by atoms with Crippen LogP contribution in [0.3, 0.4) is 0 Å². The minimum Gasteiger partial charge on any atom is -0.494 e. The second kappa shape index (κ2) is 8.65. The van der Waals surface area contributed by atoms with Crippen molar-refractivity contribution in [3.63, 3.8) is 0 Å². The number of rotatable bonds is 5. The lowest BCUT2D eigenvalue weighted by atomic mass is 10.1. The maximum atomic E-state index is 13.8. The molecule has 2 heterocycles. The van der Waals surface area contributed by atoms with Gasteiger partial charge >= 0.3 is 6.03 Å². The summed E-state index contributed by atoms with van der Waals surface area (Å²) in [6.45, 7) is 3.71. The lowest BCUT2D eigenvalue weighted by molar-refractivity contribution is 0.115. The molecule has 1 aliphatic rings. The van der Waals surface area contributed by atoms with E-state index >= 15 is 0 Å². The van der Waals surface area contributed by atoms with Gasteiger partial charge in [0.15, 0.2) is 0 Å². The van der Waals surface area contributed by atoms with Gasteiger partial charge in [0.1, 0.15) is 23.2 Å². The Kier molecular flexibility index (Phi) is 5.80. The van der Waals surface area contributed by atoms with Crippen LogP contribution in [-0.2, 0) is 0 Å². The predicted molar refractivity (Wildman–Crippen MR) is 111 cm³/mol. The number of piperidine rings is 1. The van der Waals surface area contributed by atoms with Gasteiger partial charge in [-0.05, 0) is 43.3 Å². The summed E-state index contributed by atoms with van der Waals surface area (Å²) in [7, 11) is 0. The van der Waals surface area contributed by atoms with Gasteiger partial charge in [-0.2, -0.15) is 4.98 Å². The first kappa shape index (κ1) is 19.4. The molecule has 1 aromatic heterocycles. The highest BCUT2D eigenvalue weighted by Crippen LogP contribution is 2.31. The average molecular weight is 415 g/mol. The summed E-state index contributed by atoms with van der Waals surface area (Å²) in [4.78, 5) is 18.5. The number of fused-ring (bicyclic) bond motifs is 1. The number of halogens is 1. The molecule has 2 aromatic carbocycles. The van der Waals surface area contributed by atoms with Crippen molar-refractivity contribution in [3.8, 4) is 10.9 Å². The molecule has 4 rings (SSSR count). The molecule has 3 aromatic rings. The predicted octanol–water partition coefficient (Wildman–Crippen LogP) is 4.91. The van der Waals surface area contributed by atoms with E-state index in [0.717, 1.165) is 16.1 Å². The number of aromatic nitrogens is 1. The first-order valence-corrected chi connectivity index (χ1v) is 10.4. The highest BCUT2D eigenvalue weighted by atomic mass is 32.1. The Morgan fingerprint density at radius 1 is 1.24 bits per heavy atom. The van der Waals surface area contributed by atoms with Gasteiger partial charge in [-0.1, -0.05) is 17.4 Å². The van der Waals surface area contributed by atoms with Gasteiger partial charge in [0.2, 0.25) is 0 Å². The molecule has 1 saturated heterocycles. The summed E-state index contributed by atoms with van der Waals surface area (Å²) < 4.78 is 25.9. The Morgan fingerprint density at radius 2 is 2.00 bits per heavy atom. The average Bonchev–Trinajstić information content (AvgIpc) is 3.14. The lowest BCUT2D eigenvalue weighted by Crippen LogP contribution is -2.43. The molecule has 0 aliphatic carbocycles. The fourth-order valence-electron chi connectivity index (χ4n) is 3.27. The van der Waals surface area contributed by atoms with Gasteiger partial charge in [-0.3, -0.25) is 0 Å². The van der Waals surface area contributed by atoms with Crippen molar-refractivity contribution in [2.75, 3.05) is 25.0 Å². The zero-order valence-electron chi connectivity index (χ0n) is 16.1. The summed E-state index contributed by atoms with van der Waals surface area (Å²) in [6.07, 6.45) is 1.37. The summed E-state index contributed by atoms with van der Waals surface area (Å²) in [5, 5.41) is 3.38. The Morgan fingerprint density at radius 3 is 2.69 bits per heavy atom. The highest BCUT2D eigenvalue weighted by Gasteiger charge is 2.25. The van der Waals surface area contributed by atoms with Crippen molar-refractivity contribution in [1.82, 2.24) is 9.88 Å². The van der Waals surface area contributed by atoms with Crippen LogP contribution in [0.1, 0.15) is 19.8 Å². The third-order valence-electron chi connectivity index (χ3n) is 4.76. The molecule has 0 unspecified atom stereocenters. The number of ether oxygens (including phenoxy) is 2. The van der Waals surface area contributed by atoms with Gasteiger partial charge in [-0.15, -0.1) is 0 Å². The number of carbonyl (C=O) groups is 1. The molecule has 8 heteroatoms. The number of benzene rings is 2. The summed E-state index contributed by atoms with van der Waals surface area (Å²) in [5.41, 5.74) is 1.08. The number of hydrogen-bond donors (Lipinski definition) is 1. The number of nitrogens with one attached hydrogen (secondary N) is 1. The molecule has 1 aliphatic heterocycles. The molecular formula is C21H22FN3O3S. The van der Waals surface area contributed by atoms with Crippen molar-refractivity contribution in [1.29, 1.82) is 0 Å². The molecule has 1 N–H and O–H groups in total. The van der Waals surface area contributed by atoms with Crippen LogP contribution in [0.4, 0.5) is 14.9 Å². The number of para-hydroxylation sites is 1. The van der Waals surface area contributed by atoms with E-state index in [9.17, 15) is 9.18 Å². The number of carbonyl (C=O) groups excluding carboxylic acids is 1. The molecule has 0 spiro atoms. The minimum atomic E-state index is -0.339. The zero-order valence-corrected chi connectivity index (χ0v) is 16.9. The molecule has 0 atom stereocenters. The number of amides is 2. The molecule has 29 heavy (non-hydrogen) atoms. The largest absolute Gasteiger partial charge is 0.494 e. The van der Waals surface area contributed by atoms with Crippen LogP contribution in [-0.4, -0.2) is 41.7 Å². The number of nitrogens with zero attached hydrogens (tertiary/aromatic N) is 2. The monoisotopic (exact) mass is 415 g/mol. The third-order valence-corrected chi connectivity index (χ3v) is 5.67. The van der Waals surface area contributed by atoms with Crippen LogP contribution in [0.2, 0.25) is 0 Å². The topological polar surface area (TPSA) is 63.7 Å². The number of urea groups is 1. The van der Waals surface area contributed by atoms with Crippen molar-refractivity contribution < 1.29 is 18.7 Å². The van der Waals surface area contributed by atoms with Crippen LogP contribution in [0.25, 0.3) is 10.2 Å². The van der Waals surface area contributed by atoms with Gasteiger partial charge in [-0.25, -0.2) is 9.18 Å². The Labute approximate surface area is 172 Å². The van der Waals surface area contributed by atoms with Crippen molar-refractivity contribution in [2.45, 2.75) is 25.9 Å². The van der Waals surface area contributed by atoms with Gasteiger partial charge in [0, 0.05) is 31.6 Å². The van der Waals surface area contributed by atoms with Crippen molar-refractivity contribution >= 4 is 33.3 Å². The van der Waals surface area contributed by atoms with Crippen LogP contribution >= 0.6 is 11.3 Å². The van der Waals surface area contributed by atoms with E-state index in [-0.39, 0.29) is 18.0 Å². The Balaban J connectivity index is 1.29. The van der Waals surface area contributed by atoms with Crippen LogP contribution < -0.4 is 14.8 Å². The maximum Gasteiger partial charge on any atom is 0.321 e. The second-order valence-electron chi connectivity index (χ2n) is 6.76. The van der Waals surface area contributed by atoms with E-state index in [1.165, 1.54) is 17.4 Å². The van der Waals surface area contributed by atoms with Crippen molar-refractivity contribution in [3.05, 3.63) is 48.3 Å². The van der Waals surface area contributed by atoms with E-state index in [1.807, 2.05) is 37.3 Å². The third kappa shape index (κ3) is 4.59. The second-order valence-corrected chi connectivity index (χ2v) is 7.75. The molecule has 0 radical (unpaired) electrons. The molecule has 2 amide bonds. The lowest BCUT2D eigenvalue weighted by Gasteiger charge is -2.31. The van der Waals surface area contributed by atoms with E-state index in [0.29, 0.717) is 43.2 Å². The number of likely N-dealkylation sites (tertiary alicyclic amines) is 1. The van der Waals surface area contributed by atoms with Gasteiger partial charge < -0.3 is 19.7 Å². The van der Waals surface area contributed by atoms with E-state index in [4.69, 9.17) is 9.47 Å². The van der Waals surface area contributed by atoms with Gasteiger partial charge in [0.25, 0.3) is 5.19 Å². The van der Waals surface area contributed by atoms with E-state index in [1.54, 1.807) is 11.0 Å². The first-order valence-electron chi connectivity index (χ1n) is 9.63. The molecule has 0 saturated carbocycles. The maximum absolute atomic E-state index is 13.8. The summed E-state index contributed by atoms with van der Waals surface area (Å²) in [6, 6.07) is 12.1. The highest BCUT2D eigenvalue weighted by molar-refractivity contribution is 7.20. The molecular weight excluding hydrogens is 393 g/mol. The molecule has 1 fully saturated rings. The van der Waals surface area contributed by atoms with Crippen molar-refractivity contribution in [2.24, 2.45) is 0 Å². The van der Waals surface area contributed by atoms with Gasteiger partial charge in [0.05, 0.1) is 11.3 Å². The number of thiazole rings is 1. The summed E-state index contributed by atoms with van der Waals surface area (Å²) >= 11 is 1.34. The molecule has 0 bridgehead atoms. The number of anilines is 1. The minimum absolute atomic E-state index is 0.0341. The molecule has 152 valence electrons. The van der Waals surface area contributed by atoms with Crippen LogP contribution in [0.15, 0.2) is 42.5 Å². The van der Waals surface area contributed by atoms with Crippen LogP contribution in [0.5, 0.6) is 10.9 Å². The first-order chi connectivity index (χ1) is 14.1. The van der Waals surface area contributed by atoms with E-state index < -0.39 is 0 Å². The molecule has 6 nitrogen and oxygen atoms in total. The summed E-state index contributed by atoms with van der Waals surface area (Å²) in [5.74, 6) is 0.438. The Hall–Kier alpha value is -2.87. The van der Waals surface area contributed by atoms with E-state index in [2.05, 4.69) is 10.3 Å².